The van der Waals surface area contributed by atoms with Gasteiger partial charge in [0.1, 0.15) is 5.69 Å². The molecule has 5 nitrogen and oxygen atoms in total. The number of rotatable bonds is 3. The summed E-state index contributed by atoms with van der Waals surface area (Å²) in [5.41, 5.74) is 1.30. The first kappa shape index (κ1) is 12.8. The average Bonchev–Trinajstić information content (AvgIpc) is 2.46. The number of aliphatic hydroxyl groups is 1. The zero-order valence-corrected chi connectivity index (χ0v) is 10.6. The van der Waals surface area contributed by atoms with Crippen molar-refractivity contribution in [2.24, 2.45) is 0 Å². The number of nitrogens with zero attached hydrogens (tertiary/aromatic N) is 2. The SMILES string of the molecule is CNc1ccnc(C(=O)N2CCCCC2CO)c1. The quantitative estimate of drug-likeness (QED) is 0.842. The van der Waals surface area contributed by atoms with Crippen molar-refractivity contribution >= 4 is 11.6 Å². The Labute approximate surface area is 107 Å². The van der Waals surface area contributed by atoms with Crippen LogP contribution in [0.2, 0.25) is 0 Å². The molecule has 1 unspecified atom stereocenters. The van der Waals surface area contributed by atoms with Gasteiger partial charge in [0.05, 0.1) is 12.6 Å². The number of aliphatic hydroxyl groups excluding tert-OH is 1. The molecule has 1 fully saturated rings. The van der Waals surface area contributed by atoms with Gasteiger partial charge in [0, 0.05) is 25.5 Å². The number of amides is 1. The molecule has 1 aliphatic heterocycles. The lowest BCUT2D eigenvalue weighted by atomic mass is 10.0. The molecule has 18 heavy (non-hydrogen) atoms. The highest BCUT2D eigenvalue weighted by atomic mass is 16.3. The lowest BCUT2D eigenvalue weighted by Crippen LogP contribution is -2.45. The summed E-state index contributed by atoms with van der Waals surface area (Å²) < 4.78 is 0. The van der Waals surface area contributed by atoms with Gasteiger partial charge >= 0.3 is 0 Å². The summed E-state index contributed by atoms with van der Waals surface area (Å²) in [5, 5.41) is 12.3. The van der Waals surface area contributed by atoms with E-state index in [2.05, 4.69) is 10.3 Å². The smallest absolute Gasteiger partial charge is 0.272 e. The van der Waals surface area contributed by atoms with Crippen LogP contribution >= 0.6 is 0 Å². The van der Waals surface area contributed by atoms with E-state index in [0.29, 0.717) is 12.2 Å². The van der Waals surface area contributed by atoms with Gasteiger partial charge in [-0.3, -0.25) is 9.78 Å². The topological polar surface area (TPSA) is 65.5 Å². The second-order valence-corrected chi connectivity index (χ2v) is 4.51. The Morgan fingerprint density at radius 2 is 2.44 bits per heavy atom. The van der Waals surface area contributed by atoms with Crippen LogP contribution in [0.3, 0.4) is 0 Å². The molecule has 98 valence electrons. The number of hydrogen-bond acceptors (Lipinski definition) is 4. The van der Waals surface area contributed by atoms with Gasteiger partial charge in [-0.15, -0.1) is 0 Å². The molecular formula is C13H19N3O2. The van der Waals surface area contributed by atoms with Gasteiger partial charge in [-0.05, 0) is 31.4 Å². The Morgan fingerprint density at radius 1 is 1.61 bits per heavy atom. The van der Waals surface area contributed by atoms with E-state index in [1.165, 1.54) is 0 Å². The number of nitrogens with one attached hydrogen (secondary N) is 1. The predicted octanol–water partition coefficient (Wildman–Crippen LogP) is 1.11. The Kier molecular flexibility index (Phi) is 4.15. The number of piperidine rings is 1. The average molecular weight is 249 g/mol. The third-order valence-electron chi connectivity index (χ3n) is 3.37. The third-order valence-corrected chi connectivity index (χ3v) is 3.37. The molecule has 0 spiro atoms. The number of aromatic nitrogens is 1. The molecule has 1 aliphatic rings. The van der Waals surface area contributed by atoms with E-state index >= 15 is 0 Å². The standard InChI is InChI=1S/C13H19N3O2/c1-14-10-5-6-15-12(8-10)13(18)16-7-3-2-4-11(16)9-17/h5-6,8,11,17H,2-4,7,9H2,1H3,(H,14,15). The maximum Gasteiger partial charge on any atom is 0.272 e. The van der Waals surface area contributed by atoms with Crippen LogP contribution in [0.5, 0.6) is 0 Å². The van der Waals surface area contributed by atoms with Crippen LogP contribution in [-0.2, 0) is 0 Å². The van der Waals surface area contributed by atoms with Crippen LogP contribution < -0.4 is 5.32 Å². The predicted molar refractivity (Wildman–Crippen MR) is 69.5 cm³/mol. The lowest BCUT2D eigenvalue weighted by molar-refractivity contribution is 0.0497. The lowest BCUT2D eigenvalue weighted by Gasteiger charge is -2.34. The Bertz CT molecular complexity index is 422. The molecular weight excluding hydrogens is 230 g/mol. The molecule has 0 saturated carbocycles. The van der Waals surface area contributed by atoms with Crippen LogP contribution in [-0.4, -0.2) is 47.1 Å². The molecule has 1 atom stereocenters. The highest BCUT2D eigenvalue weighted by Crippen LogP contribution is 2.19. The van der Waals surface area contributed by atoms with E-state index in [-0.39, 0.29) is 18.6 Å². The van der Waals surface area contributed by atoms with Crippen LogP contribution in [0.15, 0.2) is 18.3 Å². The molecule has 0 aromatic carbocycles. The normalized spacial score (nSPS) is 19.7. The van der Waals surface area contributed by atoms with Crippen LogP contribution in [0.25, 0.3) is 0 Å². The molecule has 1 saturated heterocycles. The van der Waals surface area contributed by atoms with Crippen molar-refractivity contribution in [1.29, 1.82) is 0 Å². The Morgan fingerprint density at radius 3 is 3.17 bits per heavy atom. The van der Waals surface area contributed by atoms with Gasteiger partial charge in [0.2, 0.25) is 0 Å². The maximum absolute atomic E-state index is 12.4. The number of pyridine rings is 1. The number of carbonyl (C=O) groups excluding carboxylic acids is 1. The second kappa shape index (κ2) is 5.82. The van der Waals surface area contributed by atoms with Crippen molar-refractivity contribution in [2.45, 2.75) is 25.3 Å². The fourth-order valence-electron chi connectivity index (χ4n) is 2.31. The summed E-state index contributed by atoms with van der Waals surface area (Å²) in [6, 6.07) is 3.49. The van der Waals surface area contributed by atoms with Crippen molar-refractivity contribution in [3.63, 3.8) is 0 Å². The van der Waals surface area contributed by atoms with Gasteiger partial charge in [0.25, 0.3) is 5.91 Å². The third kappa shape index (κ3) is 2.61. The van der Waals surface area contributed by atoms with Crippen LogP contribution in [0.4, 0.5) is 5.69 Å². The highest BCUT2D eigenvalue weighted by Gasteiger charge is 2.27. The molecule has 2 heterocycles. The first-order chi connectivity index (χ1) is 8.76. The van der Waals surface area contributed by atoms with Crippen LogP contribution in [0.1, 0.15) is 29.8 Å². The van der Waals surface area contributed by atoms with Crippen molar-refractivity contribution in [1.82, 2.24) is 9.88 Å². The Balaban J connectivity index is 2.18. The fourth-order valence-corrected chi connectivity index (χ4v) is 2.31. The summed E-state index contributed by atoms with van der Waals surface area (Å²) in [6.07, 6.45) is 4.55. The number of anilines is 1. The van der Waals surface area contributed by atoms with E-state index in [1.807, 2.05) is 6.07 Å². The summed E-state index contributed by atoms with van der Waals surface area (Å²) in [6.45, 7) is 0.729. The largest absolute Gasteiger partial charge is 0.394 e. The summed E-state index contributed by atoms with van der Waals surface area (Å²) in [4.78, 5) is 18.2. The molecule has 0 radical (unpaired) electrons. The molecule has 1 aromatic heterocycles. The van der Waals surface area contributed by atoms with Gasteiger partial charge in [-0.25, -0.2) is 0 Å². The minimum Gasteiger partial charge on any atom is -0.394 e. The molecule has 0 aliphatic carbocycles. The van der Waals surface area contributed by atoms with Gasteiger partial charge in [-0.1, -0.05) is 0 Å². The van der Waals surface area contributed by atoms with Crippen molar-refractivity contribution < 1.29 is 9.90 Å². The first-order valence-corrected chi connectivity index (χ1v) is 6.32. The van der Waals surface area contributed by atoms with Gasteiger partial charge in [-0.2, -0.15) is 0 Å². The number of hydrogen-bond donors (Lipinski definition) is 2. The first-order valence-electron chi connectivity index (χ1n) is 6.32. The van der Waals surface area contributed by atoms with Crippen molar-refractivity contribution in [2.75, 3.05) is 25.5 Å². The highest BCUT2D eigenvalue weighted by molar-refractivity contribution is 5.93. The van der Waals surface area contributed by atoms with E-state index in [9.17, 15) is 9.90 Å². The van der Waals surface area contributed by atoms with Crippen molar-refractivity contribution in [3.05, 3.63) is 24.0 Å². The zero-order chi connectivity index (χ0) is 13.0. The zero-order valence-electron chi connectivity index (χ0n) is 10.6. The number of likely N-dealkylation sites (tertiary alicyclic amines) is 1. The molecule has 1 amide bonds. The van der Waals surface area contributed by atoms with Crippen molar-refractivity contribution in [3.8, 4) is 0 Å². The molecule has 2 rings (SSSR count). The molecule has 0 bridgehead atoms. The van der Waals surface area contributed by atoms with E-state index < -0.39 is 0 Å². The summed E-state index contributed by atoms with van der Waals surface area (Å²) in [5.74, 6) is -0.0918. The monoisotopic (exact) mass is 249 g/mol. The molecule has 2 N–H and O–H groups in total. The second-order valence-electron chi connectivity index (χ2n) is 4.51. The minimum absolute atomic E-state index is 0.0253. The van der Waals surface area contributed by atoms with Gasteiger partial charge in [0.15, 0.2) is 0 Å². The summed E-state index contributed by atoms with van der Waals surface area (Å²) in [7, 11) is 1.81. The van der Waals surface area contributed by atoms with Gasteiger partial charge < -0.3 is 15.3 Å². The summed E-state index contributed by atoms with van der Waals surface area (Å²) >= 11 is 0. The van der Waals surface area contributed by atoms with E-state index in [4.69, 9.17) is 0 Å². The minimum atomic E-state index is -0.0918. The van der Waals surface area contributed by atoms with E-state index in [1.54, 1.807) is 24.2 Å². The maximum atomic E-state index is 12.4. The molecule has 5 heteroatoms. The van der Waals surface area contributed by atoms with E-state index in [0.717, 1.165) is 24.9 Å². The fraction of sp³-hybridized carbons (Fsp3) is 0.538. The van der Waals surface area contributed by atoms with Crippen LogP contribution in [0, 0.1) is 0 Å². The Hall–Kier alpha value is -1.62. The number of carbonyl (C=O) groups is 1. The molecule has 1 aromatic rings.